The van der Waals surface area contributed by atoms with Crippen LogP contribution < -0.4 is 0 Å². The molecule has 0 saturated heterocycles. The predicted octanol–water partition coefficient (Wildman–Crippen LogP) is 14.5. The molecule has 12 rings (SSSR count). The van der Waals surface area contributed by atoms with Crippen molar-refractivity contribution in [2.24, 2.45) is 0 Å². The molecule has 0 N–H and O–H groups in total. The van der Waals surface area contributed by atoms with E-state index in [1.165, 1.54) is 65.3 Å². The molecule has 286 valence electrons. The molecule has 11 aromatic rings. The van der Waals surface area contributed by atoms with Crippen LogP contribution in [-0.2, 0) is 5.41 Å². The summed E-state index contributed by atoms with van der Waals surface area (Å²) in [6.45, 7) is 4.62. The Morgan fingerprint density at radius 1 is 0.344 bits per heavy atom. The predicted molar refractivity (Wildman–Crippen MR) is 252 cm³/mol. The van der Waals surface area contributed by atoms with Gasteiger partial charge in [-0.3, -0.25) is 4.98 Å². The molecule has 1 aliphatic carbocycles. The van der Waals surface area contributed by atoms with Crippen LogP contribution in [-0.4, -0.2) is 19.9 Å². The first-order valence-corrected chi connectivity index (χ1v) is 20.9. The van der Waals surface area contributed by atoms with Gasteiger partial charge in [0.05, 0.1) is 0 Å². The number of rotatable bonds is 5. The highest BCUT2D eigenvalue weighted by atomic mass is 15.0. The van der Waals surface area contributed by atoms with Crippen molar-refractivity contribution in [3.05, 3.63) is 206 Å². The maximum absolute atomic E-state index is 5.42. The minimum absolute atomic E-state index is 0.159. The number of pyridine rings is 1. The second-order valence-corrected chi connectivity index (χ2v) is 16.6. The van der Waals surface area contributed by atoms with Gasteiger partial charge in [0.1, 0.15) is 0 Å². The van der Waals surface area contributed by atoms with Crippen LogP contribution in [0.25, 0.3) is 111 Å². The minimum atomic E-state index is -0.159. The van der Waals surface area contributed by atoms with Crippen molar-refractivity contribution in [3.8, 4) is 67.5 Å². The first kappa shape index (κ1) is 35.2. The number of benzene rings is 9. The van der Waals surface area contributed by atoms with Crippen LogP contribution in [0.5, 0.6) is 0 Å². The van der Waals surface area contributed by atoms with Crippen LogP contribution in [0.3, 0.4) is 0 Å². The molecule has 61 heavy (non-hydrogen) atoms. The van der Waals surface area contributed by atoms with Gasteiger partial charge in [-0.05, 0) is 112 Å². The monoisotopic (exact) mass is 778 g/mol. The third-order valence-corrected chi connectivity index (χ3v) is 12.8. The van der Waals surface area contributed by atoms with Gasteiger partial charge in [0.2, 0.25) is 0 Å². The molecule has 4 heteroatoms. The van der Waals surface area contributed by atoms with Crippen molar-refractivity contribution in [1.82, 2.24) is 19.9 Å². The topological polar surface area (TPSA) is 51.6 Å². The molecule has 0 aliphatic heterocycles. The maximum atomic E-state index is 5.42. The molecule has 0 saturated carbocycles. The molecule has 0 spiro atoms. The summed E-state index contributed by atoms with van der Waals surface area (Å²) >= 11 is 0. The summed E-state index contributed by atoms with van der Waals surface area (Å²) in [7, 11) is 0. The number of nitrogens with zero attached hydrogens (tertiary/aromatic N) is 4. The lowest BCUT2D eigenvalue weighted by Crippen LogP contribution is -2.14. The van der Waals surface area contributed by atoms with E-state index in [1.54, 1.807) is 0 Å². The maximum Gasteiger partial charge on any atom is 0.164 e. The molecule has 2 aromatic heterocycles. The Morgan fingerprint density at radius 2 is 0.885 bits per heavy atom. The van der Waals surface area contributed by atoms with Crippen molar-refractivity contribution in [1.29, 1.82) is 0 Å². The summed E-state index contributed by atoms with van der Waals surface area (Å²) in [5.41, 5.74) is 12.0. The van der Waals surface area contributed by atoms with Gasteiger partial charge in [0.15, 0.2) is 17.5 Å². The lowest BCUT2D eigenvalue weighted by molar-refractivity contribution is 0.660. The van der Waals surface area contributed by atoms with Gasteiger partial charge in [-0.25, -0.2) is 15.0 Å². The Bertz CT molecular complexity index is 3560. The molecular weight excluding hydrogens is 741 g/mol. The van der Waals surface area contributed by atoms with Crippen LogP contribution in [0.1, 0.15) is 25.0 Å². The Morgan fingerprint density at radius 3 is 1.64 bits per heavy atom. The number of fused-ring (bicyclic) bond motifs is 11. The van der Waals surface area contributed by atoms with E-state index in [0.717, 1.165) is 38.9 Å². The summed E-state index contributed by atoms with van der Waals surface area (Å²) < 4.78 is 0. The fourth-order valence-corrected chi connectivity index (χ4v) is 9.90. The van der Waals surface area contributed by atoms with Crippen molar-refractivity contribution in [2.75, 3.05) is 0 Å². The van der Waals surface area contributed by atoms with Crippen molar-refractivity contribution in [2.45, 2.75) is 19.3 Å². The van der Waals surface area contributed by atoms with E-state index < -0.39 is 0 Å². The summed E-state index contributed by atoms with van der Waals surface area (Å²) in [5.74, 6) is 1.89. The van der Waals surface area contributed by atoms with E-state index in [0.29, 0.717) is 17.5 Å². The van der Waals surface area contributed by atoms with E-state index in [9.17, 15) is 0 Å². The summed E-state index contributed by atoms with van der Waals surface area (Å²) in [4.78, 5) is 20.5. The van der Waals surface area contributed by atoms with Crippen molar-refractivity contribution >= 4 is 43.1 Å². The fraction of sp³-hybridized carbons (Fsp3) is 0.0526. The van der Waals surface area contributed by atoms with E-state index >= 15 is 0 Å². The first-order chi connectivity index (χ1) is 30.0. The molecule has 9 aromatic carbocycles. The zero-order chi connectivity index (χ0) is 40.7. The number of aromatic nitrogens is 4. The lowest BCUT2D eigenvalue weighted by Gasteiger charge is -2.21. The molecule has 0 fully saturated rings. The molecule has 0 unspecified atom stereocenters. The quantitative estimate of drug-likeness (QED) is 0.163. The summed E-state index contributed by atoms with van der Waals surface area (Å²) in [6, 6.07) is 65.3. The SMILES string of the molecule is CC1(C)c2ccccc2-c2c(-c3nc(-c4ccccc4)nc(-c4cc(-c5cccnc5)cc(-c5cc6c7ccccc7c7ccccc7c6c6ccccc56)c4)n3)cccc21. The standard InChI is InChI=1S/C57H38N4/c1-57(2)50-27-13-12-25-46(50)53-47(26-14-28-51(53)57)56-60-54(35-16-4-3-5-17-35)59-55(61-56)39-31-37(36-18-15-29-58-34-36)30-38(32-39)48-33-49-42-21-7-6-19-40(42)41-20-8-10-23-44(41)52(49)45-24-11-9-22-43(45)48/h3-34H,1-2H3. The smallest absolute Gasteiger partial charge is 0.164 e. The third kappa shape index (κ3) is 5.53. The average molecular weight is 779 g/mol. The van der Waals surface area contributed by atoms with Crippen LogP contribution in [0.2, 0.25) is 0 Å². The van der Waals surface area contributed by atoms with Crippen LogP contribution in [0, 0.1) is 0 Å². The van der Waals surface area contributed by atoms with E-state index in [2.05, 4.69) is 177 Å². The molecule has 0 bridgehead atoms. The number of hydrogen-bond acceptors (Lipinski definition) is 4. The van der Waals surface area contributed by atoms with Gasteiger partial charge >= 0.3 is 0 Å². The van der Waals surface area contributed by atoms with Gasteiger partial charge in [-0.2, -0.15) is 0 Å². The molecular formula is C57H38N4. The van der Waals surface area contributed by atoms with Gasteiger partial charge < -0.3 is 0 Å². The van der Waals surface area contributed by atoms with Gasteiger partial charge in [0.25, 0.3) is 0 Å². The zero-order valence-corrected chi connectivity index (χ0v) is 33.8. The largest absolute Gasteiger partial charge is 0.264 e. The summed E-state index contributed by atoms with van der Waals surface area (Å²) in [5, 5.41) is 9.92. The molecule has 0 amide bonds. The highest BCUT2D eigenvalue weighted by Crippen LogP contribution is 2.52. The molecule has 0 radical (unpaired) electrons. The normalized spacial score (nSPS) is 12.9. The fourth-order valence-electron chi connectivity index (χ4n) is 9.90. The molecule has 4 nitrogen and oxygen atoms in total. The molecule has 0 atom stereocenters. The van der Waals surface area contributed by atoms with Crippen molar-refractivity contribution < 1.29 is 0 Å². The van der Waals surface area contributed by atoms with E-state index in [4.69, 9.17) is 15.0 Å². The average Bonchev–Trinajstić information content (AvgIpc) is 3.57. The second kappa shape index (κ2) is 13.6. The van der Waals surface area contributed by atoms with Gasteiger partial charge in [-0.15, -0.1) is 0 Å². The molecule has 1 aliphatic rings. The molecule has 2 heterocycles. The van der Waals surface area contributed by atoms with Gasteiger partial charge in [-0.1, -0.05) is 166 Å². The highest BCUT2D eigenvalue weighted by Gasteiger charge is 2.37. The Balaban J connectivity index is 1.15. The minimum Gasteiger partial charge on any atom is -0.264 e. The number of hydrogen-bond donors (Lipinski definition) is 0. The highest BCUT2D eigenvalue weighted by molar-refractivity contribution is 6.33. The van der Waals surface area contributed by atoms with Crippen LogP contribution in [0.4, 0.5) is 0 Å². The van der Waals surface area contributed by atoms with Crippen LogP contribution in [0.15, 0.2) is 194 Å². The van der Waals surface area contributed by atoms with E-state index in [-0.39, 0.29) is 5.41 Å². The Kier molecular flexibility index (Phi) is 7.85. The van der Waals surface area contributed by atoms with Crippen LogP contribution >= 0.6 is 0 Å². The lowest BCUT2D eigenvalue weighted by atomic mass is 9.82. The summed E-state index contributed by atoms with van der Waals surface area (Å²) in [6.07, 6.45) is 3.75. The third-order valence-electron chi connectivity index (χ3n) is 12.8. The second-order valence-electron chi connectivity index (χ2n) is 16.6. The Labute approximate surface area is 353 Å². The van der Waals surface area contributed by atoms with Crippen molar-refractivity contribution in [3.63, 3.8) is 0 Å². The van der Waals surface area contributed by atoms with E-state index in [1.807, 2.05) is 36.7 Å². The first-order valence-electron chi connectivity index (χ1n) is 20.9. The Hall–Kier alpha value is -7.82. The zero-order valence-electron chi connectivity index (χ0n) is 33.8. The van der Waals surface area contributed by atoms with Gasteiger partial charge in [0, 0.05) is 40.1 Å².